The summed E-state index contributed by atoms with van der Waals surface area (Å²) >= 11 is 0. The highest BCUT2D eigenvalue weighted by Gasteiger charge is 2.23. The van der Waals surface area contributed by atoms with E-state index in [2.05, 4.69) is 55.4 Å². The van der Waals surface area contributed by atoms with Crippen molar-refractivity contribution in [1.29, 1.82) is 0 Å². The number of hydrogen-bond acceptors (Lipinski definition) is 4. The summed E-state index contributed by atoms with van der Waals surface area (Å²) in [5, 5.41) is 6.89. The molecule has 2 rings (SSSR count). The molecule has 1 aromatic carbocycles. The van der Waals surface area contributed by atoms with Gasteiger partial charge < -0.3 is 20.1 Å². The molecule has 6 nitrogen and oxygen atoms in total. The Labute approximate surface area is 170 Å². The highest BCUT2D eigenvalue weighted by molar-refractivity contribution is 5.79. The molecule has 28 heavy (non-hydrogen) atoms. The van der Waals surface area contributed by atoms with Crippen LogP contribution in [0.2, 0.25) is 0 Å². The fraction of sp³-hybridized carbons (Fsp3) is 0.682. The first-order valence-corrected chi connectivity index (χ1v) is 10.5. The molecular weight excluding hydrogens is 352 g/mol. The maximum Gasteiger partial charge on any atom is 0.191 e. The first kappa shape index (κ1) is 22.5. The minimum Gasteiger partial charge on any atom is -0.496 e. The Morgan fingerprint density at radius 1 is 1.18 bits per heavy atom. The van der Waals surface area contributed by atoms with Crippen molar-refractivity contribution in [3.8, 4) is 5.75 Å². The number of guanidine groups is 1. The first-order valence-electron chi connectivity index (χ1n) is 10.5. The van der Waals surface area contributed by atoms with E-state index >= 15 is 0 Å². The molecule has 2 unspecified atom stereocenters. The van der Waals surface area contributed by atoms with Crippen molar-refractivity contribution < 1.29 is 9.47 Å². The molecule has 1 aliphatic rings. The summed E-state index contributed by atoms with van der Waals surface area (Å²) in [7, 11) is 1.72. The van der Waals surface area contributed by atoms with Gasteiger partial charge >= 0.3 is 0 Å². The van der Waals surface area contributed by atoms with Gasteiger partial charge in [0.15, 0.2) is 5.96 Å². The number of hydrogen-bond donors (Lipinski definition) is 2. The zero-order valence-electron chi connectivity index (χ0n) is 18.2. The van der Waals surface area contributed by atoms with Crippen molar-refractivity contribution in [2.45, 2.75) is 39.7 Å². The number of nitrogens with zero attached hydrogens (tertiary/aromatic N) is 2. The van der Waals surface area contributed by atoms with Gasteiger partial charge in [-0.1, -0.05) is 39.0 Å². The van der Waals surface area contributed by atoms with Crippen molar-refractivity contribution in [1.82, 2.24) is 15.5 Å². The summed E-state index contributed by atoms with van der Waals surface area (Å²) < 4.78 is 11.0. The minimum atomic E-state index is 0.320. The molecule has 0 saturated carbocycles. The van der Waals surface area contributed by atoms with E-state index in [-0.39, 0.29) is 0 Å². The molecule has 158 valence electrons. The Balaban J connectivity index is 1.98. The molecule has 0 bridgehead atoms. The molecule has 1 saturated heterocycles. The smallest absolute Gasteiger partial charge is 0.191 e. The van der Waals surface area contributed by atoms with Crippen molar-refractivity contribution in [3.63, 3.8) is 0 Å². The van der Waals surface area contributed by atoms with Crippen LogP contribution in [0.1, 0.15) is 39.2 Å². The predicted octanol–water partition coefficient (Wildman–Crippen LogP) is 2.71. The second-order valence-electron chi connectivity index (χ2n) is 7.70. The van der Waals surface area contributed by atoms with Crippen molar-refractivity contribution in [2.24, 2.45) is 10.9 Å². The Hall–Kier alpha value is -1.79. The van der Waals surface area contributed by atoms with Crippen molar-refractivity contribution in [3.05, 3.63) is 29.8 Å². The lowest BCUT2D eigenvalue weighted by Gasteiger charge is -2.36. The Morgan fingerprint density at radius 3 is 2.54 bits per heavy atom. The molecule has 1 aliphatic heterocycles. The van der Waals surface area contributed by atoms with E-state index in [1.54, 1.807) is 7.11 Å². The van der Waals surface area contributed by atoms with Crippen LogP contribution in [0, 0.1) is 5.92 Å². The van der Waals surface area contributed by atoms with Crippen LogP contribution in [-0.4, -0.2) is 69.9 Å². The molecule has 2 atom stereocenters. The normalized spacial score (nSPS) is 18.0. The van der Waals surface area contributed by atoms with Gasteiger partial charge in [-0.25, -0.2) is 0 Å². The number of benzene rings is 1. The monoisotopic (exact) mass is 390 g/mol. The Bertz CT molecular complexity index is 600. The fourth-order valence-corrected chi connectivity index (χ4v) is 3.62. The summed E-state index contributed by atoms with van der Waals surface area (Å²) in [6.45, 7) is 14.9. The maximum absolute atomic E-state index is 5.51. The van der Waals surface area contributed by atoms with E-state index in [1.807, 2.05) is 12.1 Å². The number of aliphatic imine (C=N–C) groups is 1. The second kappa shape index (κ2) is 11.9. The third-order valence-corrected chi connectivity index (χ3v) is 5.31. The van der Waals surface area contributed by atoms with Gasteiger partial charge in [0, 0.05) is 38.1 Å². The zero-order valence-corrected chi connectivity index (χ0v) is 18.2. The van der Waals surface area contributed by atoms with Gasteiger partial charge in [0.25, 0.3) is 0 Å². The van der Waals surface area contributed by atoms with Gasteiger partial charge in [-0.3, -0.25) is 9.89 Å². The molecule has 0 radical (unpaired) electrons. The van der Waals surface area contributed by atoms with Crippen LogP contribution in [0.4, 0.5) is 0 Å². The van der Waals surface area contributed by atoms with Crippen LogP contribution in [0.15, 0.2) is 29.3 Å². The van der Waals surface area contributed by atoms with Crippen LogP contribution in [0.5, 0.6) is 5.75 Å². The highest BCUT2D eigenvalue weighted by atomic mass is 16.5. The Kier molecular flexibility index (Phi) is 9.58. The molecule has 6 heteroatoms. The van der Waals surface area contributed by atoms with Gasteiger partial charge in [-0.2, -0.15) is 0 Å². The number of para-hydroxylation sites is 1. The third-order valence-electron chi connectivity index (χ3n) is 5.31. The van der Waals surface area contributed by atoms with Crippen molar-refractivity contribution in [2.75, 3.05) is 53.0 Å². The molecule has 1 fully saturated rings. The summed E-state index contributed by atoms with van der Waals surface area (Å²) in [6.07, 6.45) is 0. The SMILES string of the molecule is CCNC(=NCC(C(C)C)N1CCOCC1)NCC(C)c1ccccc1OC. The van der Waals surface area contributed by atoms with Gasteiger partial charge in [-0.15, -0.1) is 0 Å². The summed E-state index contributed by atoms with van der Waals surface area (Å²) in [4.78, 5) is 7.41. The van der Waals surface area contributed by atoms with Crippen molar-refractivity contribution >= 4 is 5.96 Å². The van der Waals surface area contributed by atoms with Crippen LogP contribution < -0.4 is 15.4 Å². The third kappa shape index (κ3) is 6.67. The molecule has 0 spiro atoms. The van der Waals surface area contributed by atoms with Gasteiger partial charge in [0.2, 0.25) is 0 Å². The molecule has 1 heterocycles. The summed E-state index contributed by atoms with van der Waals surface area (Å²) in [5.41, 5.74) is 1.21. The fourth-order valence-electron chi connectivity index (χ4n) is 3.62. The van der Waals surface area contributed by atoms with Crippen LogP contribution in [0.25, 0.3) is 0 Å². The van der Waals surface area contributed by atoms with Crippen LogP contribution >= 0.6 is 0 Å². The average Bonchev–Trinajstić information content (AvgIpc) is 2.72. The average molecular weight is 391 g/mol. The maximum atomic E-state index is 5.51. The zero-order chi connectivity index (χ0) is 20.4. The lowest BCUT2D eigenvalue weighted by atomic mass is 10.0. The Morgan fingerprint density at radius 2 is 1.89 bits per heavy atom. The van der Waals surface area contributed by atoms with E-state index in [0.717, 1.165) is 57.6 Å². The van der Waals surface area contributed by atoms with Gasteiger partial charge in [0.1, 0.15) is 5.75 Å². The lowest BCUT2D eigenvalue weighted by molar-refractivity contribution is 0.00867. The lowest BCUT2D eigenvalue weighted by Crippen LogP contribution is -2.48. The molecule has 0 aromatic heterocycles. The number of nitrogens with one attached hydrogen (secondary N) is 2. The highest BCUT2D eigenvalue weighted by Crippen LogP contribution is 2.25. The summed E-state index contributed by atoms with van der Waals surface area (Å²) in [6, 6.07) is 8.64. The number of rotatable bonds is 9. The van der Waals surface area contributed by atoms with Crippen LogP contribution in [-0.2, 0) is 4.74 Å². The molecular formula is C22H38N4O2. The number of morpholine rings is 1. The predicted molar refractivity (Wildman–Crippen MR) is 116 cm³/mol. The van der Waals surface area contributed by atoms with Gasteiger partial charge in [-0.05, 0) is 24.5 Å². The quantitative estimate of drug-likeness (QED) is 0.502. The topological polar surface area (TPSA) is 58.1 Å². The van der Waals surface area contributed by atoms with Gasteiger partial charge in [0.05, 0.1) is 26.9 Å². The molecule has 0 amide bonds. The first-order chi connectivity index (χ1) is 13.6. The van der Waals surface area contributed by atoms with E-state index in [4.69, 9.17) is 14.5 Å². The molecule has 1 aromatic rings. The van der Waals surface area contributed by atoms with E-state index < -0.39 is 0 Å². The second-order valence-corrected chi connectivity index (χ2v) is 7.70. The van der Waals surface area contributed by atoms with E-state index in [0.29, 0.717) is 17.9 Å². The van der Waals surface area contributed by atoms with E-state index in [1.165, 1.54) is 5.56 Å². The number of methoxy groups -OCH3 is 1. The van der Waals surface area contributed by atoms with E-state index in [9.17, 15) is 0 Å². The minimum absolute atomic E-state index is 0.320. The van der Waals surface area contributed by atoms with Crippen LogP contribution in [0.3, 0.4) is 0 Å². The molecule has 0 aliphatic carbocycles. The molecule has 2 N–H and O–H groups in total. The standard InChI is InChI=1S/C22H38N4O2/c1-6-23-22(24-15-18(4)19-9-7-8-10-21(19)27-5)25-16-20(17(2)3)26-11-13-28-14-12-26/h7-10,17-18,20H,6,11-16H2,1-5H3,(H2,23,24,25). The largest absolute Gasteiger partial charge is 0.496 e. The number of ether oxygens (including phenoxy) is 2. The summed E-state index contributed by atoms with van der Waals surface area (Å²) in [5.74, 6) is 2.69.